The van der Waals surface area contributed by atoms with Crippen LogP contribution in [0, 0.1) is 6.92 Å². The van der Waals surface area contributed by atoms with Crippen LogP contribution in [0.5, 0.6) is 0 Å². The Morgan fingerprint density at radius 2 is 2.18 bits per heavy atom. The van der Waals surface area contributed by atoms with Crippen LogP contribution in [-0.4, -0.2) is 27.8 Å². The van der Waals surface area contributed by atoms with Crippen molar-refractivity contribution in [3.63, 3.8) is 0 Å². The fourth-order valence-electron chi connectivity index (χ4n) is 1.90. The van der Waals surface area contributed by atoms with Gasteiger partial charge in [-0.05, 0) is 24.6 Å². The van der Waals surface area contributed by atoms with E-state index in [1.165, 1.54) is 18.3 Å². The van der Waals surface area contributed by atoms with E-state index in [-0.39, 0.29) is 12.1 Å². The number of H-pyrrole nitrogens is 1. The molecule has 3 N–H and O–H groups in total. The second-order valence-corrected chi connectivity index (χ2v) is 4.76. The molecule has 1 atom stereocenters. The van der Waals surface area contributed by atoms with E-state index in [0.717, 1.165) is 12.1 Å². The number of carbonyl (C=O) groups is 1. The molecular formula is C14H14F3N3O2. The maximum atomic E-state index is 12.6. The number of amides is 1. The Bertz CT molecular complexity index is 667. The maximum Gasteiger partial charge on any atom is 0.416 e. The molecule has 0 aliphatic rings. The summed E-state index contributed by atoms with van der Waals surface area (Å²) >= 11 is 0. The minimum Gasteiger partial charge on any atom is -0.387 e. The van der Waals surface area contributed by atoms with Gasteiger partial charge in [-0.15, -0.1) is 0 Å². The van der Waals surface area contributed by atoms with Gasteiger partial charge in [-0.25, -0.2) is 0 Å². The van der Waals surface area contributed by atoms with Crippen molar-refractivity contribution in [2.75, 3.05) is 6.54 Å². The quantitative estimate of drug-likeness (QED) is 0.810. The van der Waals surface area contributed by atoms with E-state index in [9.17, 15) is 23.1 Å². The summed E-state index contributed by atoms with van der Waals surface area (Å²) in [5, 5.41) is 18.7. The number of aromatic amines is 1. The number of hydrogen-bond donors (Lipinski definition) is 3. The molecule has 0 aliphatic carbocycles. The molecular weight excluding hydrogens is 299 g/mol. The van der Waals surface area contributed by atoms with E-state index in [0.29, 0.717) is 11.3 Å². The van der Waals surface area contributed by atoms with Gasteiger partial charge in [0.05, 0.1) is 23.4 Å². The largest absolute Gasteiger partial charge is 0.416 e. The molecule has 0 bridgehead atoms. The van der Waals surface area contributed by atoms with Gasteiger partial charge in [-0.2, -0.15) is 18.3 Å². The van der Waals surface area contributed by atoms with Crippen LogP contribution in [0.15, 0.2) is 30.5 Å². The van der Waals surface area contributed by atoms with Crippen LogP contribution >= 0.6 is 0 Å². The third kappa shape index (κ3) is 3.64. The number of halogens is 3. The van der Waals surface area contributed by atoms with Gasteiger partial charge in [0.25, 0.3) is 5.91 Å². The van der Waals surface area contributed by atoms with E-state index in [1.54, 1.807) is 6.92 Å². The monoisotopic (exact) mass is 313 g/mol. The van der Waals surface area contributed by atoms with Gasteiger partial charge in [0, 0.05) is 12.2 Å². The second-order valence-electron chi connectivity index (χ2n) is 4.76. The number of rotatable bonds is 4. The number of aliphatic hydroxyl groups excluding tert-OH is 1. The third-order valence-corrected chi connectivity index (χ3v) is 3.13. The molecule has 0 aliphatic heterocycles. The Balaban J connectivity index is 2.02. The number of aromatic nitrogens is 2. The average Bonchev–Trinajstić information content (AvgIpc) is 2.90. The first-order valence-corrected chi connectivity index (χ1v) is 6.42. The molecule has 8 heteroatoms. The molecule has 2 rings (SSSR count). The number of aliphatic hydroxyl groups is 1. The van der Waals surface area contributed by atoms with Crippen molar-refractivity contribution in [2.45, 2.75) is 19.2 Å². The minimum absolute atomic E-state index is 0.0824. The fourth-order valence-corrected chi connectivity index (χ4v) is 1.90. The molecule has 1 amide bonds. The van der Waals surface area contributed by atoms with Gasteiger partial charge in [-0.3, -0.25) is 9.89 Å². The molecule has 118 valence electrons. The predicted octanol–water partition coefficient (Wildman–Crippen LogP) is 2.20. The molecule has 0 fully saturated rings. The lowest BCUT2D eigenvalue weighted by Crippen LogP contribution is -2.28. The van der Waals surface area contributed by atoms with Crippen molar-refractivity contribution in [1.82, 2.24) is 15.5 Å². The summed E-state index contributed by atoms with van der Waals surface area (Å²) in [6.07, 6.45) is -4.38. The smallest absolute Gasteiger partial charge is 0.387 e. The lowest BCUT2D eigenvalue weighted by atomic mass is 10.1. The zero-order chi connectivity index (χ0) is 16.3. The third-order valence-electron chi connectivity index (χ3n) is 3.13. The van der Waals surface area contributed by atoms with E-state index in [2.05, 4.69) is 15.5 Å². The predicted molar refractivity (Wildman–Crippen MR) is 72.1 cm³/mol. The van der Waals surface area contributed by atoms with Crippen LogP contribution in [0.4, 0.5) is 13.2 Å². The lowest BCUT2D eigenvalue weighted by molar-refractivity contribution is -0.137. The average molecular weight is 313 g/mol. The highest BCUT2D eigenvalue weighted by atomic mass is 19.4. The van der Waals surface area contributed by atoms with Gasteiger partial charge in [0.2, 0.25) is 0 Å². The molecule has 1 heterocycles. The number of nitrogens with one attached hydrogen (secondary N) is 2. The number of aryl methyl sites for hydroxylation is 1. The Labute approximate surface area is 124 Å². The Hall–Kier alpha value is -2.35. The molecule has 0 saturated heterocycles. The Morgan fingerprint density at radius 3 is 2.77 bits per heavy atom. The van der Waals surface area contributed by atoms with Crippen molar-refractivity contribution >= 4 is 5.91 Å². The SMILES string of the molecule is Cc1[nH]ncc1C(=O)NCC(O)c1cccc(C(F)(F)F)c1. The normalized spacial score (nSPS) is 13.0. The summed E-state index contributed by atoms with van der Waals surface area (Å²) in [6, 6.07) is 4.36. The van der Waals surface area contributed by atoms with E-state index >= 15 is 0 Å². The molecule has 1 aromatic carbocycles. The number of carbonyl (C=O) groups excluding carboxylic acids is 1. The van der Waals surface area contributed by atoms with Gasteiger partial charge in [0.15, 0.2) is 0 Å². The van der Waals surface area contributed by atoms with E-state index in [1.807, 2.05) is 0 Å². The van der Waals surface area contributed by atoms with E-state index < -0.39 is 23.8 Å². The fraction of sp³-hybridized carbons (Fsp3) is 0.286. The Kier molecular flexibility index (Phi) is 4.51. The van der Waals surface area contributed by atoms with Crippen LogP contribution in [-0.2, 0) is 6.18 Å². The van der Waals surface area contributed by atoms with Crippen molar-refractivity contribution < 1.29 is 23.1 Å². The molecule has 0 saturated carbocycles. The molecule has 5 nitrogen and oxygen atoms in total. The van der Waals surface area contributed by atoms with Crippen molar-refractivity contribution in [2.24, 2.45) is 0 Å². The second kappa shape index (κ2) is 6.18. The molecule has 0 spiro atoms. The molecule has 1 aromatic heterocycles. The first-order chi connectivity index (χ1) is 10.3. The van der Waals surface area contributed by atoms with Crippen LogP contribution in [0.25, 0.3) is 0 Å². The lowest BCUT2D eigenvalue weighted by Gasteiger charge is -2.14. The molecule has 0 radical (unpaired) electrons. The van der Waals surface area contributed by atoms with Gasteiger partial charge >= 0.3 is 6.18 Å². The minimum atomic E-state index is -4.48. The molecule has 1 unspecified atom stereocenters. The van der Waals surface area contributed by atoms with E-state index in [4.69, 9.17) is 0 Å². The topological polar surface area (TPSA) is 78.0 Å². The number of benzene rings is 1. The first-order valence-electron chi connectivity index (χ1n) is 6.42. The van der Waals surface area contributed by atoms with Crippen molar-refractivity contribution in [3.05, 3.63) is 52.8 Å². The number of hydrogen-bond acceptors (Lipinski definition) is 3. The van der Waals surface area contributed by atoms with Crippen LogP contribution < -0.4 is 5.32 Å². The highest BCUT2D eigenvalue weighted by Crippen LogP contribution is 2.30. The van der Waals surface area contributed by atoms with Crippen molar-refractivity contribution in [1.29, 1.82) is 0 Å². The summed E-state index contributed by atoms with van der Waals surface area (Å²) in [6.45, 7) is 1.45. The summed E-state index contributed by atoms with van der Waals surface area (Å²) in [5.41, 5.74) is 0.113. The molecule has 2 aromatic rings. The van der Waals surface area contributed by atoms with Crippen LogP contribution in [0.2, 0.25) is 0 Å². The standard InChI is InChI=1S/C14H14F3N3O2/c1-8-11(6-19-20-8)13(22)18-7-12(21)9-3-2-4-10(5-9)14(15,16)17/h2-6,12,21H,7H2,1H3,(H,18,22)(H,19,20). The van der Waals surface area contributed by atoms with Gasteiger partial charge < -0.3 is 10.4 Å². The zero-order valence-corrected chi connectivity index (χ0v) is 11.6. The summed E-state index contributed by atoms with van der Waals surface area (Å²) in [5.74, 6) is -0.461. The van der Waals surface area contributed by atoms with Crippen LogP contribution in [0.3, 0.4) is 0 Å². The summed E-state index contributed by atoms with van der Waals surface area (Å²) in [7, 11) is 0. The highest BCUT2D eigenvalue weighted by molar-refractivity contribution is 5.94. The Morgan fingerprint density at radius 1 is 1.45 bits per heavy atom. The number of nitrogens with zero attached hydrogens (tertiary/aromatic N) is 1. The maximum absolute atomic E-state index is 12.6. The summed E-state index contributed by atoms with van der Waals surface area (Å²) in [4.78, 5) is 11.8. The zero-order valence-electron chi connectivity index (χ0n) is 11.6. The van der Waals surface area contributed by atoms with Gasteiger partial charge in [0.1, 0.15) is 0 Å². The van der Waals surface area contributed by atoms with Crippen molar-refractivity contribution in [3.8, 4) is 0 Å². The molecule has 22 heavy (non-hydrogen) atoms. The van der Waals surface area contributed by atoms with Gasteiger partial charge in [-0.1, -0.05) is 12.1 Å². The summed E-state index contributed by atoms with van der Waals surface area (Å²) < 4.78 is 37.8. The highest BCUT2D eigenvalue weighted by Gasteiger charge is 2.30. The first kappa shape index (κ1) is 16.0. The van der Waals surface area contributed by atoms with Crippen LogP contribution in [0.1, 0.15) is 33.3 Å². The number of alkyl halides is 3.